The van der Waals surface area contributed by atoms with Gasteiger partial charge in [0.25, 0.3) is 5.56 Å². The molecule has 0 spiro atoms. The Morgan fingerprint density at radius 3 is 2.44 bits per heavy atom. The number of para-hydroxylation sites is 1. The fraction of sp³-hybridized carbons (Fsp3) is 0.400. The number of benzene rings is 1. The molecule has 1 saturated heterocycles. The van der Waals surface area contributed by atoms with Gasteiger partial charge in [0.15, 0.2) is 0 Å². The van der Waals surface area contributed by atoms with Crippen molar-refractivity contribution in [3.05, 3.63) is 56.6 Å². The lowest BCUT2D eigenvalue weighted by atomic mass is 9.82. The average molecular weight is 335 g/mol. The molecule has 5 rings (SSSR count). The monoisotopic (exact) mass is 335 g/mol. The molecule has 2 aromatic heterocycles. The van der Waals surface area contributed by atoms with Gasteiger partial charge >= 0.3 is 0 Å². The fourth-order valence-corrected chi connectivity index (χ4v) is 4.19. The summed E-state index contributed by atoms with van der Waals surface area (Å²) < 4.78 is 1.82. The predicted molar refractivity (Wildman–Crippen MR) is 100 cm³/mol. The Balaban J connectivity index is 1.88. The quantitative estimate of drug-likeness (QED) is 0.733. The molecular formula is C20H21N3O2. The van der Waals surface area contributed by atoms with Crippen LogP contribution >= 0.6 is 0 Å². The van der Waals surface area contributed by atoms with Gasteiger partial charge in [-0.1, -0.05) is 18.6 Å². The lowest BCUT2D eigenvalue weighted by molar-refractivity contribution is 0.390. The van der Waals surface area contributed by atoms with Crippen molar-refractivity contribution in [2.45, 2.75) is 38.0 Å². The zero-order valence-electron chi connectivity index (χ0n) is 14.1. The van der Waals surface area contributed by atoms with Gasteiger partial charge in [-0.2, -0.15) is 0 Å². The maximum Gasteiger partial charge on any atom is 0.282 e. The van der Waals surface area contributed by atoms with Crippen LogP contribution in [0.5, 0.6) is 0 Å². The molecule has 0 atom stereocenters. The molecule has 25 heavy (non-hydrogen) atoms. The van der Waals surface area contributed by atoms with E-state index in [4.69, 9.17) is 0 Å². The minimum Gasteiger partial charge on any atom is -0.354 e. The summed E-state index contributed by atoms with van der Waals surface area (Å²) in [6.07, 6.45) is 5.66. The summed E-state index contributed by atoms with van der Waals surface area (Å²) in [5, 5.41) is 2.99. The number of nitrogens with one attached hydrogen (secondary N) is 1. The Morgan fingerprint density at radius 2 is 1.72 bits per heavy atom. The highest BCUT2D eigenvalue weighted by Gasteiger charge is 2.28. The molecule has 5 heteroatoms. The summed E-state index contributed by atoms with van der Waals surface area (Å²) in [7, 11) is 0. The van der Waals surface area contributed by atoms with E-state index in [1.54, 1.807) is 6.07 Å². The van der Waals surface area contributed by atoms with Crippen LogP contribution in [-0.4, -0.2) is 22.7 Å². The maximum atomic E-state index is 13.3. The first-order chi connectivity index (χ1) is 12.2. The van der Waals surface area contributed by atoms with Gasteiger partial charge in [0, 0.05) is 35.6 Å². The second kappa shape index (κ2) is 5.48. The standard InChI is InChI=1S/C20H21N3O2/c24-19-14-8-1-2-9-15(14)21-16-12-17(13-6-5-7-13)23(20(25)18(16)19)22-10-3-4-11-22/h1-2,8-9,12-13H,3-7,10-11H2,(H,21,24). The molecule has 3 aromatic rings. The van der Waals surface area contributed by atoms with Crippen molar-refractivity contribution >= 4 is 21.8 Å². The molecule has 128 valence electrons. The van der Waals surface area contributed by atoms with Gasteiger partial charge in [-0.3, -0.25) is 9.59 Å². The number of hydrogen-bond acceptors (Lipinski definition) is 3. The number of fused-ring (bicyclic) bond motifs is 2. The molecule has 0 amide bonds. The van der Waals surface area contributed by atoms with Crippen LogP contribution in [0.2, 0.25) is 0 Å². The van der Waals surface area contributed by atoms with Crippen LogP contribution in [0.4, 0.5) is 0 Å². The van der Waals surface area contributed by atoms with Gasteiger partial charge in [-0.05, 0) is 43.9 Å². The molecule has 2 fully saturated rings. The Morgan fingerprint density at radius 1 is 0.960 bits per heavy atom. The van der Waals surface area contributed by atoms with Crippen molar-refractivity contribution < 1.29 is 0 Å². The number of aromatic amines is 1. The fourth-order valence-electron chi connectivity index (χ4n) is 4.19. The van der Waals surface area contributed by atoms with E-state index in [0.29, 0.717) is 16.8 Å². The van der Waals surface area contributed by atoms with Crippen LogP contribution in [-0.2, 0) is 0 Å². The third kappa shape index (κ3) is 2.15. The summed E-state index contributed by atoms with van der Waals surface area (Å²) >= 11 is 0. The van der Waals surface area contributed by atoms with E-state index in [2.05, 4.69) is 9.99 Å². The number of hydrogen-bond donors (Lipinski definition) is 1. The molecule has 0 unspecified atom stereocenters. The van der Waals surface area contributed by atoms with Crippen LogP contribution in [0.3, 0.4) is 0 Å². The van der Waals surface area contributed by atoms with E-state index in [9.17, 15) is 9.59 Å². The molecule has 0 bridgehead atoms. The predicted octanol–water partition coefficient (Wildman–Crippen LogP) is 2.84. The van der Waals surface area contributed by atoms with Crippen molar-refractivity contribution in [2.24, 2.45) is 0 Å². The molecule has 1 aromatic carbocycles. The van der Waals surface area contributed by atoms with Gasteiger partial charge in [-0.25, -0.2) is 4.68 Å². The second-order valence-corrected chi connectivity index (χ2v) is 7.26. The Hall–Kier alpha value is -2.56. The summed E-state index contributed by atoms with van der Waals surface area (Å²) in [6.45, 7) is 1.77. The zero-order valence-corrected chi connectivity index (χ0v) is 14.1. The topological polar surface area (TPSA) is 58.1 Å². The first-order valence-corrected chi connectivity index (χ1v) is 9.20. The molecular weight excluding hydrogens is 314 g/mol. The lowest BCUT2D eigenvalue weighted by Gasteiger charge is -2.32. The minimum atomic E-state index is -0.164. The number of aromatic nitrogens is 2. The highest BCUT2D eigenvalue weighted by molar-refractivity contribution is 5.92. The molecule has 3 heterocycles. The Bertz CT molecular complexity index is 1090. The van der Waals surface area contributed by atoms with Crippen LogP contribution < -0.4 is 16.0 Å². The number of pyridine rings is 2. The molecule has 0 radical (unpaired) electrons. The molecule has 1 saturated carbocycles. The lowest BCUT2D eigenvalue weighted by Crippen LogP contribution is -2.44. The van der Waals surface area contributed by atoms with Gasteiger partial charge in [0.1, 0.15) is 5.39 Å². The molecule has 2 aliphatic rings. The van der Waals surface area contributed by atoms with Crippen LogP contribution in [0.15, 0.2) is 39.9 Å². The van der Waals surface area contributed by atoms with Crippen molar-refractivity contribution in [1.82, 2.24) is 9.66 Å². The number of nitrogens with zero attached hydrogens (tertiary/aromatic N) is 2. The van der Waals surface area contributed by atoms with Gasteiger partial charge in [0.2, 0.25) is 5.43 Å². The normalized spacial score (nSPS) is 18.2. The van der Waals surface area contributed by atoms with Crippen LogP contribution in [0, 0.1) is 0 Å². The van der Waals surface area contributed by atoms with Crippen molar-refractivity contribution in [3.63, 3.8) is 0 Å². The SMILES string of the molecule is O=c1c2ccccc2[nH]c2cc(C3CCC3)n(N3CCCC3)c(=O)c12. The van der Waals surface area contributed by atoms with E-state index >= 15 is 0 Å². The first-order valence-electron chi connectivity index (χ1n) is 9.20. The molecule has 5 nitrogen and oxygen atoms in total. The van der Waals surface area contributed by atoms with Gasteiger partial charge in [0.05, 0.1) is 5.52 Å². The van der Waals surface area contributed by atoms with Crippen LogP contribution in [0.25, 0.3) is 21.8 Å². The first kappa shape index (κ1) is 14.8. The highest BCUT2D eigenvalue weighted by atomic mass is 16.1. The third-order valence-electron chi connectivity index (χ3n) is 5.77. The summed E-state index contributed by atoms with van der Waals surface area (Å²) in [4.78, 5) is 29.7. The molecule has 1 aliphatic heterocycles. The zero-order chi connectivity index (χ0) is 17.0. The second-order valence-electron chi connectivity index (χ2n) is 7.26. The largest absolute Gasteiger partial charge is 0.354 e. The van der Waals surface area contributed by atoms with Gasteiger partial charge < -0.3 is 9.99 Å². The Labute approximate surface area is 144 Å². The van der Waals surface area contributed by atoms with E-state index in [1.165, 1.54) is 6.42 Å². The van der Waals surface area contributed by atoms with Gasteiger partial charge in [-0.15, -0.1) is 0 Å². The molecule has 1 N–H and O–H groups in total. The van der Waals surface area contributed by atoms with E-state index in [1.807, 2.05) is 28.9 Å². The van der Waals surface area contributed by atoms with E-state index in [-0.39, 0.29) is 16.4 Å². The summed E-state index contributed by atoms with van der Waals surface area (Å²) in [5.41, 5.74) is 2.20. The Kier molecular flexibility index (Phi) is 3.23. The highest BCUT2D eigenvalue weighted by Crippen LogP contribution is 2.36. The average Bonchev–Trinajstić information content (AvgIpc) is 3.07. The maximum absolute atomic E-state index is 13.3. The van der Waals surface area contributed by atoms with E-state index in [0.717, 1.165) is 50.0 Å². The number of H-pyrrole nitrogens is 1. The van der Waals surface area contributed by atoms with Crippen LogP contribution in [0.1, 0.15) is 43.7 Å². The van der Waals surface area contributed by atoms with Crippen molar-refractivity contribution in [3.8, 4) is 0 Å². The summed E-state index contributed by atoms with van der Waals surface area (Å²) in [6, 6.07) is 9.47. The number of rotatable bonds is 2. The summed E-state index contributed by atoms with van der Waals surface area (Å²) in [5.74, 6) is 0.424. The smallest absolute Gasteiger partial charge is 0.282 e. The molecule has 1 aliphatic carbocycles. The third-order valence-corrected chi connectivity index (χ3v) is 5.77. The van der Waals surface area contributed by atoms with Crippen molar-refractivity contribution in [1.29, 1.82) is 0 Å². The minimum absolute atomic E-state index is 0.159. The van der Waals surface area contributed by atoms with Crippen molar-refractivity contribution in [2.75, 3.05) is 18.1 Å². The van der Waals surface area contributed by atoms with E-state index < -0.39 is 0 Å².